The Bertz CT molecular complexity index is 2380. The minimum absolute atomic E-state index is 0.0290. The fraction of sp³-hybridized carbons (Fsp3) is 0.571. The van der Waals surface area contributed by atoms with Gasteiger partial charge in [0.1, 0.15) is 23.7 Å². The minimum Gasteiger partial charge on any atom is -0.453 e. The van der Waals surface area contributed by atoms with Crippen LogP contribution in [0.5, 0.6) is 0 Å². The van der Waals surface area contributed by atoms with Crippen molar-refractivity contribution in [3.63, 3.8) is 0 Å². The van der Waals surface area contributed by atoms with E-state index >= 15 is 0 Å². The van der Waals surface area contributed by atoms with Gasteiger partial charge in [0.15, 0.2) is 0 Å². The summed E-state index contributed by atoms with van der Waals surface area (Å²) in [6.45, 7) is 8.51. The molecule has 2 aliphatic heterocycles. The summed E-state index contributed by atoms with van der Waals surface area (Å²) in [5.41, 5.74) is 4.90. The molecule has 2 aromatic carbocycles. The number of aromatic nitrogens is 4. The Hall–Kier alpha value is -6.32. The van der Waals surface area contributed by atoms with Crippen LogP contribution in [0.25, 0.3) is 33.6 Å². The van der Waals surface area contributed by atoms with E-state index in [0.717, 1.165) is 86.5 Å². The zero-order chi connectivity index (χ0) is 51.1. The summed E-state index contributed by atoms with van der Waals surface area (Å²) in [5, 5.41) is 5.45. The number of hydrogen-bond acceptors (Lipinski definition) is 10. The number of imidazole rings is 2. The summed E-state index contributed by atoms with van der Waals surface area (Å²) in [7, 11) is 2.56. The van der Waals surface area contributed by atoms with Crippen LogP contribution in [0, 0.1) is 23.7 Å². The molecule has 4 aliphatic rings. The van der Waals surface area contributed by atoms with Crippen molar-refractivity contribution in [3.8, 4) is 33.6 Å². The SMILES string of the molecule is COC(=O)N[C@H](C(=O)N1CCC[C@@H]1c1ncc(-c2ccc(-c3ccc(-c4cnc([C@H]5CCCN5C(=O)[C@@H](NC(=O)OC)C(C)C)n4C(=O)CC4CCCCC4)cc3)cc2)n1C(=O)CC1CCCCC1)C(C)C. The van der Waals surface area contributed by atoms with Crippen LogP contribution < -0.4 is 10.6 Å². The van der Waals surface area contributed by atoms with Crippen LogP contribution in [-0.2, 0) is 19.1 Å². The normalized spacial score (nSPS) is 19.6. The summed E-state index contributed by atoms with van der Waals surface area (Å²) in [4.78, 5) is 95.3. The summed E-state index contributed by atoms with van der Waals surface area (Å²) in [6.07, 6.45) is 16.6. The Morgan fingerprint density at radius 1 is 0.514 bits per heavy atom. The van der Waals surface area contributed by atoms with Crippen LogP contribution in [0.1, 0.15) is 164 Å². The maximum atomic E-state index is 14.6. The van der Waals surface area contributed by atoms with Crippen LogP contribution in [0.3, 0.4) is 0 Å². The highest BCUT2D eigenvalue weighted by molar-refractivity contribution is 5.89. The number of nitrogens with zero attached hydrogens (tertiary/aromatic N) is 6. The Morgan fingerprint density at radius 3 is 1.19 bits per heavy atom. The van der Waals surface area contributed by atoms with E-state index in [1.165, 1.54) is 27.1 Å². The lowest BCUT2D eigenvalue weighted by Gasteiger charge is -2.31. The van der Waals surface area contributed by atoms with Gasteiger partial charge in [-0.05, 0) is 86.2 Å². The zero-order valence-electron chi connectivity index (χ0n) is 43.1. The Balaban J connectivity index is 1.07. The smallest absolute Gasteiger partial charge is 0.407 e. The number of likely N-dealkylation sites (tertiary alicyclic amines) is 2. The molecule has 4 heterocycles. The highest BCUT2D eigenvalue weighted by Gasteiger charge is 2.41. The van der Waals surface area contributed by atoms with Crippen LogP contribution in [0.15, 0.2) is 60.9 Å². The van der Waals surface area contributed by atoms with Crippen LogP contribution in [0.4, 0.5) is 9.59 Å². The molecule has 2 aliphatic carbocycles. The molecule has 16 nitrogen and oxygen atoms in total. The third kappa shape index (κ3) is 11.5. The molecule has 4 fully saturated rings. The van der Waals surface area contributed by atoms with Gasteiger partial charge in [0.2, 0.25) is 23.6 Å². The molecule has 16 heteroatoms. The second kappa shape index (κ2) is 23.5. The van der Waals surface area contributed by atoms with E-state index in [0.29, 0.717) is 61.8 Å². The summed E-state index contributed by atoms with van der Waals surface area (Å²) in [5.74, 6) is 0.768. The number of nitrogens with one attached hydrogen (secondary N) is 2. The molecule has 4 aromatic rings. The van der Waals surface area contributed by atoms with Crippen molar-refractivity contribution in [2.45, 2.75) is 155 Å². The van der Waals surface area contributed by atoms with Crippen molar-refractivity contribution in [1.29, 1.82) is 0 Å². The molecule has 4 atom stereocenters. The Morgan fingerprint density at radius 2 is 0.861 bits per heavy atom. The highest BCUT2D eigenvalue weighted by atomic mass is 16.5. The number of ether oxygens (including phenoxy) is 2. The van der Waals surface area contributed by atoms with Gasteiger partial charge in [-0.1, -0.05) is 115 Å². The molecule has 72 heavy (non-hydrogen) atoms. The lowest BCUT2D eigenvalue weighted by atomic mass is 9.86. The Labute approximate surface area is 424 Å². The predicted molar refractivity (Wildman–Crippen MR) is 274 cm³/mol. The van der Waals surface area contributed by atoms with Crippen LogP contribution >= 0.6 is 0 Å². The van der Waals surface area contributed by atoms with Crippen molar-refractivity contribution in [3.05, 3.63) is 72.6 Å². The van der Waals surface area contributed by atoms with E-state index in [1.807, 2.05) is 76.2 Å². The summed E-state index contributed by atoms with van der Waals surface area (Å²) in [6, 6.07) is 13.7. The number of carbonyl (C=O) groups excluding carboxylic acids is 6. The monoisotopic (exact) mass is 987 g/mol. The van der Waals surface area contributed by atoms with E-state index in [-0.39, 0.29) is 47.3 Å². The van der Waals surface area contributed by atoms with Crippen molar-refractivity contribution in [2.75, 3.05) is 27.3 Å². The van der Waals surface area contributed by atoms with Crippen molar-refractivity contribution in [2.24, 2.45) is 23.7 Å². The molecule has 4 amide bonds. The molecule has 2 saturated carbocycles. The first kappa shape index (κ1) is 52.0. The van der Waals surface area contributed by atoms with Gasteiger partial charge >= 0.3 is 12.2 Å². The molecule has 2 aromatic heterocycles. The maximum Gasteiger partial charge on any atom is 0.407 e. The lowest BCUT2D eigenvalue weighted by Crippen LogP contribution is -2.51. The average molecular weight is 987 g/mol. The molecular formula is C56H74N8O8. The largest absolute Gasteiger partial charge is 0.453 e. The third-order valence-corrected chi connectivity index (χ3v) is 15.6. The highest BCUT2D eigenvalue weighted by Crippen LogP contribution is 2.39. The molecule has 0 unspecified atom stereocenters. The van der Waals surface area contributed by atoms with Gasteiger partial charge in [-0.3, -0.25) is 28.3 Å². The van der Waals surface area contributed by atoms with Crippen molar-refractivity contribution < 1.29 is 38.2 Å². The van der Waals surface area contributed by atoms with Crippen molar-refractivity contribution >= 4 is 35.8 Å². The quantitative estimate of drug-likeness (QED) is 0.116. The summed E-state index contributed by atoms with van der Waals surface area (Å²) < 4.78 is 13.2. The fourth-order valence-electron chi connectivity index (χ4n) is 11.6. The first-order valence-corrected chi connectivity index (χ1v) is 26.5. The van der Waals surface area contributed by atoms with Gasteiger partial charge in [-0.2, -0.15) is 0 Å². The van der Waals surface area contributed by atoms with Crippen LogP contribution in [0.2, 0.25) is 0 Å². The topological polar surface area (TPSA) is 187 Å². The summed E-state index contributed by atoms with van der Waals surface area (Å²) >= 11 is 0. The molecule has 386 valence electrons. The zero-order valence-corrected chi connectivity index (χ0v) is 43.1. The molecule has 0 bridgehead atoms. The number of carbonyl (C=O) groups is 6. The first-order valence-electron chi connectivity index (χ1n) is 26.5. The van der Waals surface area contributed by atoms with E-state index in [2.05, 4.69) is 10.6 Å². The van der Waals surface area contributed by atoms with Crippen LogP contribution in [-0.4, -0.2) is 104 Å². The fourth-order valence-corrected chi connectivity index (χ4v) is 11.6. The number of hydrogen-bond donors (Lipinski definition) is 2. The second-order valence-corrected chi connectivity index (χ2v) is 21.1. The number of alkyl carbamates (subject to hydrolysis) is 2. The maximum absolute atomic E-state index is 14.6. The molecule has 2 saturated heterocycles. The number of rotatable bonds is 15. The van der Waals surface area contributed by atoms with E-state index in [1.54, 1.807) is 31.3 Å². The van der Waals surface area contributed by atoms with Gasteiger partial charge in [-0.15, -0.1) is 0 Å². The lowest BCUT2D eigenvalue weighted by molar-refractivity contribution is -0.136. The van der Waals surface area contributed by atoms with Gasteiger partial charge in [-0.25, -0.2) is 19.6 Å². The van der Waals surface area contributed by atoms with Gasteiger partial charge in [0, 0.05) is 37.1 Å². The molecule has 0 radical (unpaired) electrons. The standard InChI is InChI=1S/C56H74N8O8/c1-35(2)49(59-55(69)71-5)53(67)61-29-13-19-43(61)51-57-33-45(63(51)47(65)31-37-15-9-7-10-16-37)41-25-21-39(22-26-41)40-23-27-42(28-24-40)46-34-58-52(64(46)48(66)32-38-17-11-8-12-18-38)44-20-14-30-62(44)54(68)50(36(3)4)60-56(70)72-6/h21-28,33-38,43-44,49-50H,7-20,29-32H2,1-6H3,(H,59,69)(H,60,70)/t43-,44-,49+,50+/m1/s1. The third-order valence-electron chi connectivity index (χ3n) is 15.6. The number of benzene rings is 2. The molecule has 8 rings (SSSR count). The Kier molecular flexibility index (Phi) is 17.0. The number of amides is 4. The predicted octanol–water partition coefficient (Wildman–Crippen LogP) is 10.4. The number of methoxy groups -OCH3 is 2. The van der Waals surface area contributed by atoms with E-state index in [4.69, 9.17) is 19.4 Å². The minimum atomic E-state index is -0.796. The molecule has 2 N–H and O–H groups in total. The first-order chi connectivity index (χ1) is 34.8. The molecule has 0 spiro atoms. The van der Waals surface area contributed by atoms with E-state index < -0.39 is 36.4 Å². The van der Waals surface area contributed by atoms with Gasteiger partial charge in [0.25, 0.3) is 0 Å². The second-order valence-electron chi connectivity index (χ2n) is 21.1. The van der Waals surface area contributed by atoms with E-state index in [9.17, 15) is 28.8 Å². The van der Waals surface area contributed by atoms with Crippen molar-refractivity contribution in [1.82, 2.24) is 39.5 Å². The average Bonchev–Trinajstić information content (AvgIpc) is 4.24. The van der Waals surface area contributed by atoms with Gasteiger partial charge < -0.3 is 29.9 Å². The van der Waals surface area contributed by atoms with Gasteiger partial charge in [0.05, 0.1) is 50.1 Å². The molecular weight excluding hydrogens is 913 g/mol.